The zero-order valence-corrected chi connectivity index (χ0v) is 12.1. The molecule has 0 N–H and O–H groups in total. The highest BCUT2D eigenvalue weighted by Crippen LogP contribution is 2.31. The number of carbonyl (C=O) groups is 1. The predicted octanol–water partition coefficient (Wildman–Crippen LogP) is 3.89. The van der Waals surface area contributed by atoms with Crippen LogP contribution in [0.3, 0.4) is 0 Å². The summed E-state index contributed by atoms with van der Waals surface area (Å²) in [6.45, 7) is 0. The molecule has 0 aliphatic carbocycles. The average Bonchev–Trinajstić information content (AvgIpc) is 2.20. The normalized spacial score (nSPS) is 10.0. The molecule has 0 saturated heterocycles. The number of halogens is 3. The minimum atomic E-state index is -0.326. The van der Waals surface area contributed by atoms with Crippen LogP contribution in [0.15, 0.2) is 21.1 Å². The molecule has 0 bridgehead atoms. The van der Waals surface area contributed by atoms with Crippen LogP contribution < -0.4 is 0 Å². The second-order valence-electron chi connectivity index (χ2n) is 2.51. The van der Waals surface area contributed by atoms with E-state index in [1.807, 2.05) is 6.07 Å². The zero-order valence-electron chi connectivity index (χ0n) is 7.31. The van der Waals surface area contributed by atoms with E-state index in [2.05, 4.69) is 52.5 Å². The highest BCUT2D eigenvalue weighted by atomic mass is 79.9. The largest absolute Gasteiger partial charge is 0.465 e. The van der Waals surface area contributed by atoms with Gasteiger partial charge in [0, 0.05) is 14.3 Å². The summed E-state index contributed by atoms with van der Waals surface area (Å²) in [6.07, 6.45) is 0. The Balaban J connectivity index is 3.31. The van der Waals surface area contributed by atoms with Crippen LogP contribution in [0, 0.1) is 0 Å². The number of hydrogen-bond donors (Lipinski definition) is 0. The molecule has 14 heavy (non-hydrogen) atoms. The Morgan fingerprint density at radius 1 is 1.43 bits per heavy atom. The van der Waals surface area contributed by atoms with Gasteiger partial charge in [-0.05, 0) is 49.6 Å². The molecule has 0 spiro atoms. The van der Waals surface area contributed by atoms with Crippen LogP contribution in [-0.4, -0.2) is 13.1 Å². The van der Waals surface area contributed by atoms with Crippen molar-refractivity contribution >= 4 is 53.8 Å². The Labute approximate surface area is 107 Å². The van der Waals surface area contributed by atoms with E-state index in [9.17, 15) is 4.79 Å². The Hall–Kier alpha value is 0.130. The van der Waals surface area contributed by atoms with Crippen LogP contribution in [0.1, 0.15) is 15.9 Å². The number of methoxy groups -OCH3 is 1. The number of benzene rings is 1. The lowest BCUT2D eigenvalue weighted by molar-refractivity contribution is 0.0599. The first kappa shape index (κ1) is 12.2. The van der Waals surface area contributed by atoms with Gasteiger partial charge in [0.1, 0.15) is 0 Å². The lowest BCUT2D eigenvalue weighted by atomic mass is 10.1. The smallest absolute Gasteiger partial charge is 0.338 e. The lowest BCUT2D eigenvalue weighted by Gasteiger charge is -2.08. The molecule has 0 aliphatic rings. The summed E-state index contributed by atoms with van der Waals surface area (Å²) in [5.41, 5.74) is 1.45. The molecule has 1 aromatic rings. The topological polar surface area (TPSA) is 26.3 Å². The fourth-order valence-electron chi connectivity index (χ4n) is 1.02. The average molecular weight is 387 g/mol. The minimum Gasteiger partial charge on any atom is -0.465 e. The van der Waals surface area contributed by atoms with Crippen molar-refractivity contribution < 1.29 is 9.53 Å². The first-order valence-corrected chi connectivity index (χ1v) is 6.43. The van der Waals surface area contributed by atoms with Gasteiger partial charge in [-0.2, -0.15) is 0 Å². The summed E-state index contributed by atoms with van der Waals surface area (Å²) in [5.74, 6) is -0.326. The van der Waals surface area contributed by atoms with Crippen molar-refractivity contribution in [2.24, 2.45) is 0 Å². The van der Waals surface area contributed by atoms with Gasteiger partial charge in [-0.1, -0.05) is 15.9 Å². The quantitative estimate of drug-likeness (QED) is 0.569. The number of hydrogen-bond acceptors (Lipinski definition) is 2. The molecule has 2 nitrogen and oxygen atoms in total. The molecular weight excluding hydrogens is 380 g/mol. The van der Waals surface area contributed by atoms with Gasteiger partial charge in [0.2, 0.25) is 0 Å². The predicted molar refractivity (Wildman–Crippen MR) is 65.8 cm³/mol. The van der Waals surface area contributed by atoms with E-state index in [-0.39, 0.29) is 5.97 Å². The van der Waals surface area contributed by atoms with Gasteiger partial charge in [0.15, 0.2) is 0 Å². The third-order valence-electron chi connectivity index (χ3n) is 1.74. The fraction of sp³-hybridized carbons (Fsp3) is 0.222. The second kappa shape index (κ2) is 5.28. The third-order valence-corrected chi connectivity index (χ3v) is 4.39. The SMILES string of the molecule is COC(=O)c1ccc(Br)c(Br)c1CBr. The molecule has 0 aliphatic heterocycles. The van der Waals surface area contributed by atoms with Crippen LogP contribution in [-0.2, 0) is 10.1 Å². The first-order chi connectivity index (χ1) is 6.61. The molecule has 0 heterocycles. The van der Waals surface area contributed by atoms with Crippen molar-refractivity contribution in [3.63, 3.8) is 0 Å². The molecule has 0 amide bonds. The van der Waals surface area contributed by atoms with Crippen LogP contribution in [0.5, 0.6) is 0 Å². The molecule has 0 unspecified atom stereocenters. The Bertz CT molecular complexity index is 363. The van der Waals surface area contributed by atoms with Crippen molar-refractivity contribution in [1.29, 1.82) is 0 Å². The summed E-state index contributed by atoms with van der Waals surface area (Å²) < 4.78 is 6.47. The zero-order chi connectivity index (χ0) is 10.7. The van der Waals surface area contributed by atoms with Gasteiger partial charge in [-0.15, -0.1) is 0 Å². The van der Waals surface area contributed by atoms with E-state index in [0.29, 0.717) is 10.9 Å². The van der Waals surface area contributed by atoms with Crippen molar-refractivity contribution in [2.45, 2.75) is 5.33 Å². The van der Waals surface area contributed by atoms with Gasteiger partial charge in [-0.3, -0.25) is 0 Å². The van der Waals surface area contributed by atoms with Gasteiger partial charge in [0.05, 0.1) is 12.7 Å². The fourth-order valence-corrected chi connectivity index (χ4v) is 2.84. The number of esters is 1. The lowest BCUT2D eigenvalue weighted by Crippen LogP contribution is -2.05. The standard InChI is InChI=1S/C9H7Br3O2/c1-14-9(13)5-2-3-7(11)8(12)6(5)4-10/h2-3H,4H2,1H3. The minimum absolute atomic E-state index is 0.326. The van der Waals surface area contributed by atoms with Gasteiger partial charge in [0.25, 0.3) is 0 Å². The van der Waals surface area contributed by atoms with E-state index < -0.39 is 0 Å². The molecule has 0 radical (unpaired) electrons. The molecule has 76 valence electrons. The Kier molecular flexibility index (Phi) is 4.60. The molecule has 0 saturated carbocycles. The van der Waals surface area contributed by atoms with E-state index in [1.54, 1.807) is 6.07 Å². The number of rotatable bonds is 2. The summed E-state index contributed by atoms with van der Waals surface area (Å²) in [6, 6.07) is 3.54. The first-order valence-electron chi connectivity index (χ1n) is 3.73. The molecule has 1 aromatic carbocycles. The van der Waals surface area contributed by atoms with Crippen molar-refractivity contribution in [3.8, 4) is 0 Å². The Morgan fingerprint density at radius 2 is 2.07 bits per heavy atom. The molecule has 0 atom stereocenters. The summed E-state index contributed by atoms with van der Waals surface area (Å²) in [4.78, 5) is 11.4. The Morgan fingerprint density at radius 3 is 2.57 bits per heavy atom. The summed E-state index contributed by atoms with van der Waals surface area (Å²) >= 11 is 10.1. The maximum Gasteiger partial charge on any atom is 0.338 e. The van der Waals surface area contributed by atoms with Crippen LogP contribution in [0.25, 0.3) is 0 Å². The maximum atomic E-state index is 11.4. The van der Waals surface area contributed by atoms with Crippen molar-refractivity contribution in [3.05, 3.63) is 32.2 Å². The van der Waals surface area contributed by atoms with Crippen LogP contribution in [0.4, 0.5) is 0 Å². The highest BCUT2D eigenvalue weighted by Gasteiger charge is 2.15. The summed E-state index contributed by atoms with van der Waals surface area (Å²) in [7, 11) is 1.37. The van der Waals surface area contributed by atoms with Gasteiger partial charge in [-0.25, -0.2) is 4.79 Å². The van der Waals surface area contributed by atoms with Crippen LogP contribution in [0.2, 0.25) is 0 Å². The molecule has 0 aromatic heterocycles. The van der Waals surface area contributed by atoms with Gasteiger partial charge >= 0.3 is 5.97 Å². The summed E-state index contributed by atoms with van der Waals surface area (Å²) in [5, 5.41) is 0.595. The number of ether oxygens (including phenoxy) is 1. The third kappa shape index (κ3) is 2.38. The van der Waals surface area contributed by atoms with E-state index in [0.717, 1.165) is 14.5 Å². The molecule has 0 fully saturated rings. The number of carbonyl (C=O) groups excluding carboxylic acids is 1. The van der Waals surface area contributed by atoms with Crippen LogP contribution >= 0.6 is 47.8 Å². The van der Waals surface area contributed by atoms with Gasteiger partial charge < -0.3 is 4.74 Å². The van der Waals surface area contributed by atoms with E-state index >= 15 is 0 Å². The second-order valence-corrected chi connectivity index (χ2v) is 4.72. The monoisotopic (exact) mass is 384 g/mol. The number of alkyl halides is 1. The van der Waals surface area contributed by atoms with Crippen molar-refractivity contribution in [2.75, 3.05) is 7.11 Å². The van der Waals surface area contributed by atoms with E-state index in [4.69, 9.17) is 0 Å². The molecule has 1 rings (SSSR count). The van der Waals surface area contributed by atoms with E-state index in [1.165, 1.54) is 7.11 Å². The molecular formula is C9H7Br3O2. The van der Waals surface area contributed by atoms with Crippen molar-refractivity contribution in [1.82, 2.24) is 0 Å². The highest BCUT2D eigenvalue weighted by molar-refractivity contribution is 9.13. The molecule has 5 heteroatoms. The maximum absolute atomic E-state index is 11.4.